The minimum absolute atomic E-state index is 0.0913. The third kappa shape index (κ3) is 7.11. The zero-order valence-corrected chi connectivity index (χ0v) is 19.8. The van der Waals surface area contributed by atoms with Gasteiger partial charge in [-0.25, -0.2) is 15.0 Å². The van der Waals surface area contributed by atoms with Crippen LogP contribution in [0.3, 0.4) is 0 Å². The van der Waals surface area contributed by atoms with Crippen LogP contribution in [0.25, 0.3) is 11.2 Å². The fourth-order valence-electron chi connectivity index (χ4n) is 3.52. The van der Waals surface area contributed by atoms with E-state index in [2.05, 4.69) is 37.0 Å². The number of piperidine rings is 1. The molecule has 1 amide bonds. The van der Waals surface area contributed by atoms with Gasteiger partial charge in [-0.3, -0.25) is 19.1 Å². The highest BCUT2D eigenvalue weighted by molar-refractivity contribution is 5.82. The summed E-state index contributed by atoms with van der Waals surface area (Å²) < 4.78 is 7.41. The number of ether oxygens (including phenoxy) is 1. The van der Waals surface area contributed by atoms with Crippen LogP contribution in [0, 0.1) is 17.8 Å². The Balaban J connectivity index is 0.00000199. The molecule has 0 bridgehead atoms. The predicted molar refractivity (Wildman–Crippen MR) is 125 cm³/mol. The van der Waals surface area contributed by atoms with Crippen molar-refractivity contribution in [2.75, 3.05) is 39.0 Å². The third-order valence-corrected chi connectivity index (χ3v) is 5.36. The van der Waals surface area contributed by atoms with E-state index in [4.69, 9.17) is 20.7 Å². The minimum Gasteiger partial charge on any atom is -0.481 e. The van der Waals surface area contributed by atoms with Gasteiger partial charge in [0.25, 0.3) is 0 Å². The van der Waals surface area contributed by atoms with E-state index in [0.29, 0.717) is 56.6 Å². The number of nitrogens with zero attached hydrogens (tertiary/aromatic N) is 5. The van der Waals surface area contributed by atoms with Gasteiger partial charge in [0.05, 0.1) is 18.8 Å². The molecule has 1 atom stereocenters. The van der Waals surface area contributed by atoms with Crippen LogP contribution in [0.1, 0.15) is 38.9 Å². The summed E-state index contributed by atoms with van der Waals surface area (Å²) in [6.07, 6.45) is 2.76. The molecule has 1 aliphatic rings. The lowest BCUT2D eigenvalue weighted by molar-refractivity contribution is -0.143. The quantitative estimate of drug-likeness (QED) is 0.383. The number of amides is 1. The zero-order chi connectivity index (χ0) is 25.1. The number of carboxylic acids is 1. The van der Waals surface area contributed by atoms with Gasteiger partial charge >= 0.3 is 5.97 Å². The summed E-state index contributed by atoms with van der Waals surface area (Å²) >= 11 is 0. The van der Waals surface area contributed by atoms with E-state index in [0.717, 1.165) is 7.11 Å². The summed E-state index contributed by atoms with van der Waals surface area (Å²) in [6, 6.07) is 0. The highest BCUT2D eigenvalue weighted by Gasteiger charge is 2.23. The number of rotatable bonds is 8. The van der Waals surface area contributed by atoms with Crippen molar-refractivity contribution in [3.63, 3.8) is 0 Å². The van der Waals surface area contributed by atoms with Crippen molar-refractivity contribution in [1.29, 1.82) is 0 Å². The number of likely N-dealkylation sites (tertiary alicyclic amines) is 1. The Kier molecular flexibility index (Phi) is 10.7. The first-order chi connectivity index (χ1) is 16.4. The molecule has 0 spiro atoms. The summed E-state index contributed by atoms with van der Waals surface area (Å²) in [4.78, 5) is 38.1. The van der Waals surface area contributed by atoms with E-state index >= 15 is 0 Å². The Hall–Kier alpha value is -3.27. The Morgan fingerprint density at radius 1 is 1.29 bits per heavy atom. The maximum Gasteiger partial charge on any atom is 0.306 e. The second-order valence-electron chi connectivity index (χ2n) is 7.60. The van der Waals surface area contributed by atoms with Gasteiger partial charge < -0.3 is 26.0 Å². The molecule has 12 nitrogen and oxygen atoms in total. The second-order valence-corrected chi connectivity index (χ2v) is 7.60. The van der Waals surface area contributed by atoms with Gasteiger partial charge in [-0.15, -0.1) is 0 Å². The average Bonchev–Trinajstić information content (AvgIpc) is 3.25. The zero-order valence-electron chi connectivity index (χ0n) is 19.8. The molecule has 1 saturated heterocycles. The van der Waals surface area contributed by atoms with Crippen molar-refractivity contribution in [1.82, 2.24) is 29.7 Å². The van der Waals surface area contributed by atoms with E-state index in [9.17, 15) is 9.59 Å². The maximum atomic E-state index is 12.0. The number of carbonyl (C=O) groups is 2. The second kappa shape index (κ2) is 13.4. The fourth-order valence-corrected chi connectivity index (χ4v) is 3.52. The smallest absolute Gasteiger partial charge is 0.306 e. The van der Waals surface area contributed by atoms with E-state index in [1.54, 1.807) is 10.9 Å². The van der Waals surface area contributed by atoms with Crippen LogP contribution < -0.4 is 11.1 Å². The van der Waals surface area contributed by atoms with Crippen LogP contribution in [0.15, 0.2) is 6.33 Å². The number of likely N-dealkylation sites (N-methyl/N-ethyl adjacent to an activating group) is 1. The Bertz CT molecular complexity index is 1020. The van der Waals surface area contributed by atoms with E-state index in [1.807, 2.05) is 13.8 Å². The molecule has 3 rings (SSSR count). The van der Waals surface area contributed by atoms with Gasteiger partial charge in [0.1, 0.15) is 18.4 Å². The number of nitrogens with two attached hydrogens (primary N) is 1. The van der Waals surface area contributed by atoms with Crippen molar-refractivity contribution in [2.24, 2.45) is 5.92 Å². The van der Waals surface area contributed by atoms with Crippen molar-refractivity contribution in [3.05, 3.63) is 12.2 Å². The number of hydrogen-bond donors (Lipinski definition) is 4. The summed E-state index contributed by atoms with van der Waals surface area (Å²) in [5, 5.41) is 18.8. The number of hydrogen-bond acceptors (Lipinski definition) is 9. The monoisotopic (exact) mass is 475 g/mol. The molecule has 1 unspecified atom stereocenters. The number of aliphatic carboxylic acids is 1. The normalized spacial score (nSPS) is 15.1. The number of aliphatic hydroxyl groups is 1. The van der Waals surface area contributed by atoms with Gasteiger partial charge in [-0.1, -0.05) is 12.8 Å². The lowest BCUT2D eigenvalue weighted by atomic mass is 9.97. The molecule has 0 saturated carbocycles. The molecule has 0 aliphatic carbocycles. The molecule has 0 radical (unpaired) electrons. The van der Waals surface area contributed by atoms with E-state index < -0.39 is 12.1 Å². The molecular formula is C22H33N7O5. The number of fused-ring (bicyclic) bond motifs is 1. The standard InChI is InChI=1S/C21H29N7O4.CH4O/c1-3-15(20(29)23-4-2)32-13-28-12-24-17-18(22)25-16(26-19(17)28)6-5-9-27-10-7-14(8-11-27)21(30)31;1-2/h12,14-15H,3-4,7-11,13H2,1-2H3,(H,23,29)(H,30,31)(H2,22,25,26);2H,1H3. The largest absolute Gasteiger partial charge is 0.481 e. The number of carboxylic acid groups (broad SMARTS) is 1. The Morgan fingerprint density at radius 3 is 2.62 bits per heavy atom. The lowest BCUT2D eigenvalue weighted by Crippen LogP contribution is -2.36. The van der Waals surface area contributed by atoms with Gasteiger partial charge in [0.15, 0.2) is 11.5 Å². The number of nitrogen functional groups attached to an aromatic ring is 1. The minimum atomic E-state index is -0.732. The summed E-state index contributed by atoms with van der Waals surface area (Å²) in [6.45, 7) is 6.26. The highest BCUT2D eigenvalue weighted by atomic mass is 16.5. The number of nitrogens with one attached hydrogen (secondary N) is 1. The van der Waals surface area contributed by atoms with Gasteiger partial charge in [-0.2, -0.15) is 0 Å². The molecule has 2 aromatic heterocycles. The molecular weight excluding hydrogens is 442 g/mol. The summed E-state index contributed by atoms with van der Waals surface area (Å²) in [7, 11) is 1.00. The van der Waals surface area contributed by atoms with Crippen LogP contribution >= 0.6 is 0 Å². The van der Waals surface area contributed by atoms with Crippen molar-refractivity contribution in [3.8, 4) is 11.8 Å². The molecule has 0 aromatic carbocycles. The van der Waals surface area contributed by atoms with Crippen molar-refractivity contribution >= 4 is 28.9 Å². The maximum absolute atomic E-state index is 12.0. The molecule has 2 aromatic rings. The number of aromatic nitrogens is 4. The predicted octanol–water partition coefficient (Wildman–Crippen LogP) is 0.0539. The van der Waals surface area contributed by atoms with Crippen molar-refractivity contribution in [2.45, 2.75) is 45.9 Å². The Morgan fingerprint density at radius 2 is 2.00 bits per heavy atom. The first-order valence-electron chi connectivity index (χ1n) is 11.2. The van der Waals surface area contributed by atoms with Gasteiger partial charge in [0.2, 0.25) is 11.7 Å². The topological polar surface area (TPSA) is 169 Å². The SMILES string of the molecule is CCNC(=O)C(CC)OCn1cnc2c(N)nc(C#CCN3CCC(C(=O)O)CC3)nc21.CO. The molecule has 12 heteroatoms. The molecule has 3 heterocycles. The summed E-state index contributed by atoms with van der Waals surface area (Å²) in [5.74, 6) is 5.30. The van der Waals surface area contributed by atoms with Gasteiger partial charge in [0, 0.05) is 13.7 Å². The molecule has 1 aliphatic heterocycles. The first-order valence-corrected chi connectivity index (χ1v) is 11.2. The molecule has 34 heavy (non-hydrogen) atoms. The fraction of sp³-hybridized carbons (Fsp3) is 0.591. The number of imidazole rings is 1. The number of anilines is 1. The number of aliphatic hydroxyl groups excluding tert-OH is 1. The van der Waals surface area contributed by atoms with E-state index in [1.165, 1.54) is 0 Å². The lowest BCUT2D eigenvalue weighted by Gasteiger charge is -2.28. The van der Waals surface area contributed by atoms with Crippen LogP contribution in [-0.4, -0.2) is 85.9 Å². The van der Waals surface area contributed by atoms with Crippen LogP contribution in [0.4, 0.5) is 5.82 Å². The van der Waals surface area contributed by atoms with Crippen LogP contribution in [0.2, 0.25) is 0 Å². The highest BCUT2D eigenvalue weighted by Crippen LogP contribution is 2.18. The van der Waals surface area contributed by atoms with E-state index in [-0.39, 0.29) is 30.2 Å². The van der Waals surface area contributed by atoms with Crippen molar-refractivity contribution < 1.29 is 24.5 Å². The average molecular weight is 476 g/mol. The molecule has 5 N–H and O–H groups in total. The Labute approximate surface area is 198 Å². The number of carbonyl (C=O) groups excluding carboxylic acids is 1. The van der Waals surface area contributed by atoms with Crippen LogP contribution in [0.5, 0.6) is 0 Å². The van der Waals surface area contributed by atoms with Gasteiger partial charge in [-0.05, 0) is 45.2 Å². The molecule has 186 valence electrons. The third-order valence-electron chi connectivity index (χ3n) is 5.36. The molecule has 1 fully saturated rings. The van der Waals surface area contributed by atoms with Crippen LogP contribution in [-0.2, 0) is 21.1 Å². The summed E-state index contributed by atoms with van der Waals surface area (Å²) in [5.41, 5.74) is 6.96. The first kappa shape index (κ1) is 27.0.